The molecule has 2 nitrogen and oxygen atoms in total. The zero-order chi connectivity index (χ0) is 10.4. The molecule has 1 rings (SSSR count). The third kappa shape index (κ3) is 3.67. The number of hydrogen-bond acceptors (Lipinski definition) is 2. The molecule has 14 heavy (non-hydrogen) atoms. The van der Waals surface area contributed by atoms with Gasteiger partial charge in [-0.1, -0.05) is 13.3 Å². The first-order chi connectivity index (χ1) is 6.76. The summed E-state index contributed by atoms with van der Waals surface area (Å²) in [6.45, 7) is 4.39. The Hall–Kier alpha value is -0.550. The predicted molar refractivity (Wildman–Crippen MR) is 58.9 cm³/mol. The van der Waals surface area contributed by atoms with E-state index in [4.69, 9.17) is 5.26 Å². The Morgan fingerprint density at radius 3 is 2.50 bits per heavy atom. The van der Waals surface area contributed by atoms with Gasteiger partial charge in [-0.2, -0.15) is 5.26 Å². The van der Waals surface area contributed by atoms with Crippen molar-refractivity contribution in [1.29, 1.82) is 5.26 Å². The minimum Gasteiger partial charge on any atom is -0.310 e. The molecular formula is C12H22N2. The highest BCUT2D eigenvalue weighted by Crippen LogP contribution is 2.26. The van der Waals surface area contributed by atoms with E-state index in [-0.39, 0.29) is 0 Å². The maximum absolute atomic E-state index is 8.56. The van der Waals surface area contributed by atoms with Crippen molar-refractivity contribution in [3.8, 4) is 6.07 Å². The van der Waals surface area contributed by atoms with Gasteiger partial charge < -0.3 is 5.32 Å². The summed E-state index contributed by atoms with van der Waals surface area (Å²) in [6.07, 6.45) is 7.30. The van der Waals surface area contributed by atoms with Crippen molar-refractivity contribution < 1.29 is 0 Å². The topological polar surface area (TPSA) is 35.8 Å². The van der Waals surface area contributed by atoms with Gasteiger partial charge in [0.05, 0.1) is 12.5 Å². The van der Waals surface area contributed by atoms with Gasteiger partial charge in [0.15, 0.2) is 0 Å². The Balaban J connectivity index is 2.19. The largest absolute Gasteiger partial charge is 0.310 e. The molecule has 0 aromatic heterocycles. The van der Waals surface area contributed by atoms with Crippen molar-refractivity contribution in [1.82, 2.24) is 5.32 Å². The van der Waals surface area contributed by atoms with Gasteiger partial charge in [0, 0.05) is 12.1 Å². The third-order valence-corrected chi connectivity index (χ3v) is 3.34. The van der Waals surface area contributed by atoms with Crippen molar-refractivity contribution in [3.05, 3.63) is 0 Å². The van der Waals surface area contributed by atoms with E-state index in [9.17, 15) is 0 Å². The maximum Gasteiger partial charge on any atom is 0.0638 e. The average Bonchev–Trinajstić information content (AvgIpc) is 2.19. The molecule has 2 heteroatoms. The first-order valence-corrected chi connectivity index (χ1v) is 5.89. The monoisotopic (exact) mass is 194 g/mol. The van der Waals surface area contributed by atoms with Crippen molar-refractivity contribution in [2.45, 2.75) is 64.5 Å². The Kier molecular flexibility index (Phi) is 4.97. The van der Waals surface area contributed by atoms with Crippen LogP contribution in [0.25, 0.3) is 0 Å². The molecule has 1 saturated carbocycles. The van der Waals surface area contributed by atoms with Crippen molar-refractivity contribution >= 4 is 0 Å². The molecule has 0 radical (unpaired) electrons. The Bertz CT molecular complexity index is 187. The first kappa shape index (κ1) is 11.5. The average molecular weight is 194 g/mol. The number of hydrogen-bond donors (Lipinski definition) is 1. The Labute approximate surface area is 87.7 Å². The summed E-state index contributed by atoms with van der Waals surface area (Å²) in [6, 6.07) is 3.25. The van der Waals surface area contributed by atoms with E-state index in [1.54, 1.807) is 0 Å². The van der Waals surface area contributed by atoms with E-state index in [1.807, 2.05) is 0 Å². The molecule has 0 heterocycles. The van der Waals surface area contributed by atoms with Gasteiger partial charge in [0.25, 0.3) is 0 Å². The SMILES string of the molecule is CCC1CCC(NC(C)CC#N)CC1. The smallest absolute Gasteiger partial charge is 0.0638 e. The lowest BCUT2D eigenvalue weighted by Crippen LogP contribution is -2.38. The van der Waals surface area contributed by atoms with Gasteiger partial charge in [-0.3, -0.25) is 0 Å². The van der Waals surface area contributed by atoms with Crippen LogP contribution in [0.3, 0.4) is 0 Å². The standard InChI is InChI=1S/C12H22N2/c1-3-11-4-6-12(7-5-11)14-10(2)8-9-13/h10-12,14H,3-8H2,1-2H3. The van der Waals surface area contributed by atoms with Crippen LogP contribution in [0.2, 0.25) is 0 Å². The van der Waals surface area contributed by atoms with E-state index < -0.39 is 0 Å². The van der Waals surface area contributed by atoms with E-state index in [0.717, 1.165) is 5.92 Å². The summed E-state index contributed by atoms with van der Waals surface area (Å²) < 4.78 is 0. The predicted octanol–water partition coefficient (Wildman–Crippen LogP) is 2.85. The zero-order valence-corrected chi connectivity index (χ0v) is 9.42. The molecule has 0 bridgehead atoms. The minimum atomic E-state index is 0.364. The molecule has 1 atom stereocenters. The van der Waals surface area contributed by atoms with Gasteiger partial charge in [-0.25, -0.2) is 0 Å². The second-order valence-corrected chi connectivity index (χ2v) is 4.56. The summed E-state index contributed by atoms with van der Waals surface area (Å²) in [5.41, 5.74) is 0. The fourth-order valence-corrected chi connectivity index (χ4v) is 2.34. The van der Waals surface area contributed by atoms with Crippen LogP contribution in [-0.2, 0) is 0 Å². The number of nitrogens with zero attached hydrogens (tertiary/aromatic N) is 1. The molecule has 0 saturated heterocycles. The van der Waals surface area contributed by atoms with Crippen LogP contribution < -0.4 is 5.32 Å². The van der Waals surface area contributed by atoms with E-state index in [1.165, 1.54) is 32.1 Å². The van der Waals surface area contributed by atoms with Gasteiger partial charge in [0.1, 0.15) is 0 Å². The van der Waals surface area contributed by atoms with Crippen LogP contribution in [0.4, 0.5) is 0 Å². The quantitative estimate of drug-likeness (QED) is 0.747. The van der Waals surface area contributed by atoms with Crippen molar-refractivity contribution in [2.24, 2.45) is 5.92 Å². The molecule has 1 N–H and O–H groups in total. The normalized spacial score (nSPS) is 29.5. The lowest BCUT2D eigenvalue weighted by Gasteiger charge is -2.30. The minimum absolute atomic E-state index is 0.364. The third-order valence-electron chi connectivity index (χ3n) is 3.34. The van der Waals surface area contributed by atoms with Crippen molar-refractivity contribution in [3.63, 3.8) is 0 Å². The highest BCUT2D eigenvalue weighted by atomic mass is 14.9. The maximum atomic E-state index is 8.56. The summed E-state index contributed by atoms with van der Waals surface area (Å²) in [4.78, 5) is 0. The molecule has 0 aliphatic heterocycles. The van der Waals surface area contributed by atoms with Gasteiger partial charge in [-0.15, -0.1) is 0 Å². The lowest BCUT2D eigenvalue weighted by atomic mass is 9.84. The fourth-order valence-electron chi connectivity index (χ4n) is 2.34. The van der Waals surface area contributed by atoms with E-state index >= 15 is 0 Å². The van der Waals surface area contributed by atoms with Gasteiger partial charge >= 0.3 is 0 Å². The molecule has 1 aliphatic carbocycles. The van der Waals surface area contributed by atoms with E-state index in [2.05, 4.69) is 25.2 Å². The second kappa shape index (κ2) is 6.03. The molecule has 0 aromatic rings. The van der Waals surface area contributed by atoms with Crippen LogP contribution in [0.15, 0.2) is 0 Å². The van der Waals surface area contributed by atoms with E-state index in [0.29, 0.717) is 18.5 Å². The van der Waals surface area contributed by atoms with Gasteiger partial charge in [0.2, 0.25) is 0 Å². The zero-order valence-electron chi connectivity index (χ0n) is 9.42. The number of nitriles is 1. The Morgan fingerprint density at radius 2 is 2.00 bits per heavy atom. The molecule has 0 aromatic carbocycles. The van der Waals surface area contributed by atoms with Gasteiger partial charge in [-0.05, 0) is 38.5 Å². The molecule has 1 fully saturated rings. The molecule has 0 amide bonds. The molecule has 0 spiro atoms. The number of nitrogens with one attached hydrogen (secondary N) is 1. The van der Waals surface area contributed by atoms with Crippen LogP contribution >= 0.6 is 0 Å². The second-order valence-electron chi connectivity index (χ2n) is 4.56. The highest BCUT2D eigenvalue weighted by Gasteiger charge is 2.20. The first-order valence-electron chi connectivity index (χ1n) is 5.89. The lowest BCUT2D eigenvalue weighted by molar-refractivity contribution is 0.273. The van der Waals surface area contributed by atoms with Crippen LogP contribution in [0, 0.1) is 17.2 Å². The summed E-state index contributed by atoms with van der Waals surface area (Å²) in [5.74, 6) is 0.958. The summed E-state index contributed by atoms with van der Waals surface area (Å²) >= 11 is 0. The highest BCUT2D eigenvalue weighted by molar-refractivity contribution is 4.83. The summed E-state index contributed by atoms with van der Waals surface area (Å²) in [7, 11) is 0. The molecular weight excluding hydrogens is 172 g/mol. The van der Waals surface area contributed by atoms with Crippen LogP contribution in [0.1, 0.15) is 52.4 Å². The molecule has 80 valence electrons. The van der Waals surface area contributed by atoms with Crippen LogP contribution in [-0.4, -0.2) is 12.1 Å². The summed E-state index contributed by atoms with van der Waals surface area (Å²) in [5, 5.41) is 12.1. The Morgan fingerprint density at radius 1 is 1.36 bits per heavy atom. The fraction of sp³-hybridized carbons (Fsp3) is 0.917. The van der Waals surface area contributed by atoms with Crippen LogP contribution in [0.5, 0.6) is 0 Å². The number of rotatable bonds is 4. The van der Waals surface area contributed by atoms with Crippen molar-refractivity contribution in [2.75, 3.05) is 0 Å². The molecule has 1 aliphatic rings. The molecule has 1 unspecified atom stereocenters.